The molecule has 1 atom stereocenters. The van der Waals surface area contributed by atoms with Gasteiger partial charge in [0.05, 0.1) is 0 Å². The fourth-order valence-electron chi connectivity index (χ4n) is 2.13. The summed E-state index contributed by atoms with van der Waals surface area (Å²) in [4.78, 5) is 0. The summed E-state index contributed by atoms with van der Waals surface area (Å²) in [6.07, 6.45) is -0.291. The van der Waals surface area contributed by atoms with Gasteiger partial charge in [-0.1, -0.05) is 6.92 Å². The van der Waals surface area contributed by atoms with Gasteiger partial charge in [-0.05, 0) is 24.9 Å². The van der Waals surface area contributed by atoms with Crippen LogP contribution in [0.15, 0.2) is 0 Å². The molecule has 0 aromatic heterocycles. The second kappa shape index (κ2) is 6.84. The predicted molar refractivity (Wildman–Crippen MR) is 69.5 cm³/mol. The number of benzene rings is 1. The number of rotatable bonds is 6. The highest BCUT2D eigenvalue weighted by atomic mass is 28.4. The molecule has 0 spiro atoms. The van der Waals surface area contributed by atoms with Crippen molar-refractivity contribution in [1.82, 2.24) is 0 Å². The molecule has 21 heavy (non-hydrogen) atoms. The van der Waals surface area contributed by atoms with Gasteiger partial charge in [0.25, 0.3) is 0 Å². The van der Waals surface area contributed by atoms with Crippen LogP contribution in [0, 0.1) is 35.0 Å². The molecular formula is C13H17F5O2Si. The molecule has 1 unspecified atom stereocenters. The quantitative estimate of drug-likeness (QED) is 0.341. The normalized spacial score (nSPS) is 13.6. The Hall–Kier alpha value is -0.993. The minimum absolute atomic E-state index is 0.291. The Morgan fingerprint density at radius 1 is 0.857 bits per heavy atom. The lowest BCUT2D eigenvalue weighted by Gasteiger charge is -2.26. The molecule has 0 saturated carbocycles. The van der Waals surface area contributed by atoms with E-state index in [1.54, 1.807) is 13.5 Å². The van der Waals surface area contributed by atoms with Crippen molar-refractivity contribution in [3.05, 3.63) is 34.6 Å². The van der Waals surface area contributed by atoms with Gasteiger partial charge in [0.1, 0.15) is 0 Å². The molecule has 0 amide bonds. The van der Waals surface area contributed by atoms with Crippen LogP contribution in [0.2, 0.25) is 12.6 Å². The van der Waals surface area contributed by atoms with E-state index in [0.29, 0.717) is 6.04 Å². The van der Waals surface area contributed by atoms with Gasteiger partial charge >= 0.3 is 8.56 Å². The lowest BCUT2D eigenvalue weighted by Crippen LogP contribution is -2.38. The maximum absolute atomic E-state index is 13.6. The Bertz CT molecular complexity index is 491. The fraction of sp³-hybridized carbons (Fsp3) is 0.538. The smallest absolute Gasteiger partial charge is 0.334 e. The second-order valence-corrected chi connectivity index (χ2v) is 8.60. The monoisotopic (exact) mass is 328 g/mol. The van der Waals surface area contributed by atoms with Gasteiger partial charge < -0.3 is 8.85 Å². The lowest BCUT2D eigenvalue weighted by atomic mass is 10.0. The van der Waals surface area contributed by atoms with Crippen LogP contribution in [0.3, 0.4) is 0 Å². The average Bonchev–Trinajstić information content (AvgIpc) is 2.47. The van der Waals surface area contributed by atoms with Crippen molar-refractivity contribution >= 4 is 8.56 Å². The minimum Gasteiger partial charge on any atom is -0.398 e. The van der Waals surface area contributed by atoms with Crippen LogP contribution in [-0.4, -0.2) is 22.8 Å². The molecule has 0 fully saturated rings. The van der Waals surface area contributed by atoms with E-state index in [0.717, 1.165) is 0 Å². The second-order valence-electron chi connectivity index (χ2n) is 5.10. The van der Waals surface area contributed by atoms with E-state index in [1.807, 2.05) is 0 Å². The standard InChI is InChI=1S/C13H17F5O2Si/c1-7(6-21(4,19-2)20-3)5-8-9(14)11(16)13(18)12(17)10(8)15/h7H,5-6H2,1-4H3. The zero-order valence-corrected chi connectivity index (χ0v) is 13.2. The van der Waals surface area contributed by atoms with E-state index < -0.39 is 43.2 Å². The Kier molecular flexibility index (Phi) is 5.89. The summed E-state index contributed by atoms with van der Waals surface area (Å²) >= 11 is 0. The molecule has 0 aliphatic carbocycles. The predicted octanol–water partition coefficient (Wildman–Crippen LogP) is 3.93. The third-order valence-electron chi connectivity index (χ3n) is 3.44. The molecule has 1 aromatic rings. The van der Waals surface area contributed by atoms with Gasteiger partial charge in [0.15, 0.2) is 23.3 Å². The van der Waals surface area contributed by atoms with Crippen molar-refractivity contribution in [2.45, 2.75) is 25.9 Å². The topological polar surface area (TPSA) is 18.5 Å². The summed E-state index contributed by atoms with van der Waals surface area (Å²) < 4.78 is 76.9. The number of hydrogen-bond donors (Lipinski definition) is 0. The summed E-state index contributed by atoms with van der Waals surface area (Å²) in [5.74, 6) is -9.92. The van der Waals surface area contributed by atoms with Gasteiger partial charge in [-0.15, -0.1) is 0 Å². The molecule has 0 heterocycles. The van der Waals surface area contributed by atoms with Crippen molar-refractivity contribution in [3.8, 4) is 0 Å². The fourth-order valence-corrected chi connectivity index (χ4v) is 4.04. The van der Waals surface area contributed by atoms with Crippen LogP contribution >= 0.6 is 0 Å². The van der Waals surface area contributed by atoms with E-state index in [2.05, 4.69) is 0 Å². The highest BCUT2D eigenvalue weighted by molar-refractivity contribution is 6.65. The van der Waals surface area contributed by atoms with Crippen molar-refractivity contribution < 1.29 is 30.8 Å². The van der Waals surface area contributed by atoms with Crippen molar-refractivity contribution in [2.75, 3.05) is 14.2 Å². The zero-order valence-electron chi connectivity index (χ0n) is 12.2. The van der Waals surface area contributed by atoms with Crippen LogP contribution in [0.1, 0.15) is 12.5 Å². The summed E-state index contributed by atoms with van der Waals surface area (Å²) in [7, 11) is 0.425. The Labute approximate surface area is 121 Å². The first-order valence-corrected chi connectivity index (χ1v) is 8.79. The van der Waals surface area contributed by atoms with E-state index in [4.69, 9.17) is 8.85 Å². The molecular weight excluding hydrogens is 311 g/mol. The maximum atomic E-state index is 13.6. The lowest BCUT2D eigenvalue weighted by molar-refractivity contribution is 0.242. The summed E-state index contributed by atoms with van der Waals surface area (Å²) in [6, 6.07) is 0.361. The third-order valence-corrected chi connectivity index (χ3v) is 6.60. The van der Waals surface area contributed by atoms with Gasteiger partial charge in [-0.3, -0.25) is 0 Å². The Morgan fingerprint density at radius 2 is 1.24 bits per heavy atom. The molecule has 1 rings (SSSR count). The van der Waals surface area contributed by atoms with Crippen molar-refractivity contribution in [2.24, 2.45) is 5.92 Å². The van der Waals surface area contributed by atoms with Gasteiger partial charge in [0, 0.05) is 19.8 Å². The van der Waals surface area contributed by atoms with E-state index >= 15 is 0 Å². The van der Waals surface area contributed by atoms with Crippen LogP contribution in [-0.2, 0) is 15.3 Å². The van der Waals surface area contributed by atoms with Crippen molar-refractivity contribution in [1.29, 1.82) is 0 Å². The molecule has 0 aliphatic heterocycles. The van der Waals surface area contributed by atoms with E-state index in [9.17, 15) is 22.0 Å². The number of hydrogen-bond acceptors (Lipinski definition) is 2. The van der Waals surface area contributed by atoms with Crippen LogP contribution < -0.4 is 0 Å². The zero-order chi connectivity index (χ0) is 16.4. The largest absolute Gasteiger partial charge is 0.398 e. The van der Waals surface area contributed by atoms with Gasteiger partial charge in [-0.2, -0.15) is 0 Å². The van der Waals surface area contributed by atoms with Gasteiger partial charge in [-0.25, -0.2) is 22.0 Å². The van der Waals surface area contributed by atoms with E-state index in [1.165, 1.54) is 14.2 Å². The molecule has 0 saturated heterocycles. The summed E-state index contributed by atoms with van der Waals surface area (Å²) in [6.45, 7) is 3.39. The highest BCUT2D eigenvalue weighted by Gasteiger charge is 2.33. The molecule has 0 aliphatic rings. The first-order valence-electron chi connectivity index (χ1n) is 6.27. The maximum Gasteiger partial charge on any atom is 0.334 e. The van der Waals surface area contributed by atoms with E-state index in [-0.39, 0.29) is 12.3 Å². The highest BCUT2D eigenvalue weighted by Crippen LogP contribution is 2.28. The van der Waals surface area contributed by atoms with Crippen LogP contribution in [0.4, 0.5) is 22.0 Å². The summed E-state index contributed by atoms with van der Waals surface area (Å²) in [5, 5.41) is 0. The molecule has 2 nitrogen and oxygen atoms in total. The Morgan fingerprint density at radius 3 is 1.62 bits per heavy atom. The first kappa shape index (κ1) is 18.1. The minimum atomic E-state index is -2.49. The Balaban J connectivity index is 3.04. The number of halogens is 5. The molecule has 1 aromatic carbocycles. The molecule has 0 bridgehead atoms. The van der Waals surface area contributed by atoms with Gasteiger partial charge in [0.2, 0.25) is 5.82 Å². The molecule has 0 radical (unpaired) electrons. The SMILES string of the molecule is CO[Si](C)(CC(C)Cc1c(F)c(F)c(F)c(F)c1F)OC. The third kappa shape index (κ3) is 3.81. The van der Waals surface area contributed by atoms with Crippen LogP contribution in [0.5, 0.6) is 0 Å². The van der Waals surface area contributed by atoms with Crippen LogP contribution in [0.25, 0.3) is 0 Å². The molecule has 120 valence electrons. The first-order chi connectivity index (χ1) is 9.66. The van der Waals surface area contributed by atoms with Crippen molar-refractivity contribution in [3.63, 3.8) is 0 Å². The molecule has 0 N–H and O–H groups in total. The average molecular weight is 328 g/mol. The summed E-state index contributed by atoms with van der Waals surface area (Å²) in [5.41, 5.74) is -0.803. The molecule has 8 heteroatoms.